The van der Waals surface area contributed by atoms with Gasteiger partial charge in [-0.15, -0.1) is 0 Å². The number of hydrogen-bond acceptors (Lipinski definition) is 5. The first-order valence-corrected chi connectivity index (χ1v) is 8.23. The molecule has 0 aliphatic carbocycles. The molecule has 3 aromatic rings. The van der Waals surface area contributed by atoms with Crippen molar-refractivity contribution < 1.29 is 4.79 Å². The number of aromatic nitrogens is 3. The van der Waals surface area contributed by atoms with Crippen LogP contribution in [0.4, 0.5) is 5.13 Å². The number of carbonyl (C=O) groups excluding carboxylic acids is 1. The van der Waals surface area contributed by atoms with Crippen molar-refractivity contribution in [1.82, 2.24) is 15.0 Å². The molecule has 8 heteroatoms. The van der Waals surface area contributed by atoms with Crippen molar-refractivity contribution in [2.75, 3.05) is 5.32 Å². The highest BCUT2D eigenvalue weighted by atomic mass is 32.1. The van der Waals surface area contributed by atoms with Crippen LogP contribution >= 0.6 is 11.3 Å². The number of aromatic amines is 2. The summed E-state index contributed by atoms with van der Waals surface area (Å²) in [6, 6.07) is 5.91. The molecule has 0 spiro atoms. The largest absolute Gasteiger partial charge is 0.325 e. The van der Waals surface area contributed by atoms with Crippen LogP contribution in [0.2, 0.25) is 0 Å². The third-order valence-corrected chi connectivity index (χ3v) is 4.58. The van der Waals surface area contributed by atoms with E-state index in [1.807, 2.05) is 25.1 Å². The van der Waals surface area contributed by atoms with Gasteiger partial charge in [0.1, 0.15) is 0 Å². The van der Waals surface area contributed by atoms with Crippen molar-refractivity contribution in [2.45, 2.75) is 26.7 Å². The second kappa shape index (κ2) is 6.40. The Bertz CT molecular complexity index is 1030. The molecule has 2 aromatic heterocycles. The van der Waals surface area contributed by atoms with Crippen molar-refractivity contribution in [3.63, 3.8) is 0 Å². The van der Waals surface area contributed by atoms with Gasteiger partial charge in [-0.3, -0.25) is 14.6 Å². The number of nitrogens with zero attached hydrogens (tertiary/aromatic N) is 1. The summed E-state index contributed by atoms with van der Waals surface area (Å²) in [6.45, 7) is 3.64. The molecule has 0 atom stereocenters. The van der Waals surface area contributed by atoms with Crippen LogP contribution in [0.1, 0.15) is 23.2 Å². The van der Waals surface area contributed by atoms with Crippen molar-refractivity contribution in [3.8, 4) is 0 Å². The van der Waals surface area contributed by atoms with Gasteiger partial charge in [-0.2, -0.15) is 0 Å². The molecule has 0 aliphatic heterocycles. The number of H-pyrrole nitrogens is 2. The maximum atomic E-state index is 12.1. The Kier molecular flexibility index (Phi) is 4.30. The number of thiazole rings is 1. The number of rotatable bonds is 4. The highest BCUT2D eigenvalue weighted by Gasteiger charge is 2.11. The van der Waals surface area contributed by atoms with E-state index in [0.29, 0.717) is 16.4 Å². The minimum Gasteiger partial charge on any atom is -0.311 e. The third-order valence-electron chi connectivity index (χ3n) is 3.65. The number of aryl methyl sites for hydroxylation is 2. The first-order chi connectivity index (χ1) is 11.4. The van der Waals surface area contributed by atoms with E-state index in [1.54, 1.807) is 6.92 Å². The lowest BCUT2D eigenvalue weighted by atomic mass is 10.1. The molecule has 1 amide bonds. The second-order valence-electron chi connectivity index (χ2n) is 5.55. The number of amides is 1. The molecule has 24 heavy (non-hydrogen) atoms. The molecule has 0 aliphatic rings. The molecule has 7 nitrogen and oxygen atoms in total. The molecule has 3 rings (SSSR count). The Balaban J connectivity index is 1.69. The normalized spacial score (nSPS) is 10.9. The monoisotopic (exact) mass is 344 g/mol. The third kappa shape index (κ3) is 3.43. The minimum atomic E-state index is -0.546. The predicted molar refractivity (Wildman–Crippen MR) is 93.7 cm³/mol. The van der Waals surface area contributed by atoms with Crippen molar-refractivity contribution >= 4 is 32.6 Å². The lowest BCUT2D eigenvalue weighted by Crippen LogP contribution is -2.27. The molecular formula is C16H16N4O3S. The van der Waals surface area contributed by atoms with E-state index in [0.717, 1.165) is 15.8 Å². The number of nitrogens with one attached hydrogen (secondary N) is 3. The SMILES string of the molecule is Cc1ccc2nc(NC(=O)CCc3c(C)[nH]c(=O)[nH]c3=O)sc2c1. The summed E-state index contributed by atoms with van der Waals surface area (Å²) in [5.74, 6) is -0.226. The van der Waals surface area contributed by atoms with Gasteiger partial charge in [0.2, 0.25) is 5.91 Å². The number of benzene rings is 1. The molecule has 0 bridgehead atoms. The average Bonchev–Trinajstić information content (AvgIpc) is 2.87. The van der Waals surface area contributed by atoms with E-state index in [1.165, 1.54) is 11.3 Å². The van der Waals surface area contributed by atoms with Crippen LogP contribution in [-0.2, 0) is 11.2 Å². The van der Waals surface area contributed by atoms with Gasteiger partial charge in [0.25, 0.3) is 5.56 Å². The molecule has 2 heterocycles. The first-order valence-electron chi connectivity index (χ1n) is 7.41. The number of anilines is 1. The van der Waals surface area contributed by atoms with Crippen LogP contribution in [0.15, 0.2) is 27.8 Å². The van der Waals surface area contributed by atoms with E-state index in [4.69, 9.17) is 0 Å². The second-order valence-corrected chi connectivity index (χ2v) is 6.58. The summed E-state index contributed by atoms with van der Waals surface area (Å²) >= 11 is 1.41. The van der Waals surface area contributed by atoms with E-state index >= 15 is 0 Å². The van der Waals surface area contributed by atoms with Gasteiger partial charge >= 0.3 is 5.69 Å². The fourth-order valence-electron chi connectivity index (χ4n) is 2.43. The maximum absolute atomic E-state index is 12.1. The maximum Gasteiger partial charge on any atom is 0.325 e. The molecular weight excluding hydrogens is 328 g/mol. The highest BCUT2D eigenvalue weighted by molar-refractivity contribution is 7.22. The molecule has 0 saturated heterocycles. The Morgan fingerprint density at radius 2 is 2.04 bits per heavy atom. The van der Waals surface area contributed by atoms with E-state index < -0.39 is 11.2 Å². The molecule has 124 valence electrons. The molecule has 1 aromatic carbocycles. The van der Waals surface area contributed by atoms with Crippen molar-refractivity contribution in [2.24, 2.45) is 0 Å². The Hall–Kier alpha value is -2.74. The van der Waals surface area contributed by atoms with Crippen molar-refractivity contribution in [3.05, 3.63) is 55.9 Å². The fourth-order valence-corrected chi connectivity index (χ4v) is 3.41. The topological polar surface area (TPSA) is 108 Å². The predicted octanol–water partition coefficient (Wildman–Crippen LogP) is 1.86. The van der Waals surface area contributed by atoms with Gasteiger partial charge < -0.3 is 10.3 Å². The van der Waals surface area contributed by atoms with Gasteiger partial charge in [-0.1, -0.05) is 17.4 Å². The summed E-state index contributed by atoms with van der Waals surface area (Å²) in [6.07, 6.45) is 0.374. The fraction of sp³-hybridized carbons (Fsp3) is 0.250. The lowest BCUT2D eigenvalue weighted by molar-refractivity contribution is -0.116. The van der Waals surface area contributed by atoms with Crippen LogP contribution < -0.4 is 16.6 Å². The molecule has 0 fully saturated rings. The summed E-state index contributed by atoms with van der Waals surface area (Å²) in [5, 5.41) is 3.29. The first kappa shape index (κ1) is 16.1. The zero-order chi connectivity index (χ0) is 17.3. The molecule has 3 N–H and O–H groups in total. The summed E-state index contributed by atoms with van der Waals surface area (Å²) < 4.78 is 1.01. The zero-order valence-electron chi connectivity index (χ0n) is 13.2. The Labute approximate surface area is 140 Å². The van der Waals surface area contributed by atoms with Gasteiger partial charge in [-0.25, -0.2) is 9.78 Å². The summed E-state index contributed by atoms with van der Waals surface area (Å²) in [5.41, 5.74) is 1.86. The van der Waals surface area contributed by atoms with Crippen LogP contribution in [-0.4, -0.2) is 20.9 Å². The Morgan fingerprint density at radius 1 is 1.25 bits per heavy atom. The molecule has 0 saturated carbocycles. The number of carbonyl (C=O) groups is 1. The number of fused-ring (bicyclic) bond motifs is 1. The standard InChI is InChI=1S/C16H16N4O3S/c1-8-3-5-11-12(7-8)24-16(18-11)19-13(21)6-4-10-9(2)17-15(23)20-14(10)22/h3,5,7H,4,6H2,1-2H3,(H,18,19,21)(H2,17,20,22,23). The van der Waals surface area contributed by atoms with E-state index in [-0.39, 0.29) is 18.7 Å². The summed E-state index contributed by atoms with van der Waals surface area (Å²) in [7, 11) is 0. The smallest absolute Gasteiger partial charge is 0.311 e. The van der Waals surface area contributed by atoms with E-state index in [9.17, 15) is 14.4 Å². The van der Waals surface area contributed by atoms with Gasteiger partial charge in [0.05, 0.1) is 10.2 Å². The van der Waals surface area contributed by atoms with E-state index in [2.05, 4.69) is 20.3 Å². The average molecular weight is 344 g/mol. The van der Waals surface area contributed by atoms with Gasteiger partial charge in [0, 0.05) is 17.7 Å². The highest BCUT2D eigenvalue weighted by Crippen LogP contribution is 2.26. The van der Waals surface area contributed by atoms with Crippen LogP contribution in [0.5, 0.6) is 0 Å². The van der Waals surface area contributed by atoms with Crippen LogP contribution in [0.25, 0.3) is 10.2 Å². The molecule has 0 radical (unpaired) electrons. The van der Waals surface area contributed by atoms with Gasteiger partial charge in [0.15, 0.2) is 5.13 Å². The van der Waals surface area contributed by atoms with Crippen molar-refractivity contribution in [1.29, 1.82) is 0 Å². The van der Waals surface area contributed by atoms with Gasteiger partial charge in [-0.05, 0) is 38.0 Å². The van der Waals surface area contributed by atoms with Crippen LogP contribution in [0, 0.1) is 13.8 Å². The molecule has 0 unspecified atom stereocenters. The quantitative estimate of drug-likeness (QED) is 0.671. The number of hydrogen-bond donors (Lipinski definition) is 3. The minimum absolute atomic E-state index is 0.130. The van der Waals surface area contributed by atoms with Crippen LogP contribution in [0.3, 0.4) is 0 Å². The summed E-state index contributed by atoms with van der Waals surface area (Å²) in [4.78, 5) is 44.1. The lowest BCUT2D eigenvalue weighted by Gasteiger charge is -2.04. The Morgan fingerprint density at radius 3 is 2.79 bits per heavy atom. The zero-order valence-corrected chi connectivity index (χ0v) is 14.0.